The molecule has 0 saturated heterocycles. The summed E-state index contributed by atoms with van der Waals surface area (Å²) in [7, 11) is 0. The maximum atomic E-state index is 13.5. The first-order valence-electron chi connectivity index (χ1n) is 11.5. The van der Waals surface area contributed by atoms with Gasteiger partial charge in [0.25, 0.3) is 5.91 Å². The molecule has 2 heterocycles. The van der Waals surface area contributed by atoms with Crippen LogP contribution in [0, 0.1) is 12.8 Å². The zero-order chi connectivity index (χ0) is 23.1. The van der Waals surface area contributed by atoms with E-state index in [1.807, 2.05) is 11.6 Å². The van der Waals surface area contributed by atoms with E-state index in [9.17, 15) is 14.7 Å². The molecule has 1 aliphatic carbocycles. The Morgan fingerprint density at radius 3 is 2.18 bits per heavy atom. The molecular formula is C27H29N3O3. The number of aryl methyl sites for hydroxylation is 2. The lowest BCUT2D eigenvalue weighted by Gasteiger charge is -2.45. The molecule has 6 nitrogen and oxygen atoms in total. The molecule has 2 aliphatic rings. The first kappa shape index (κ1) is 21.5. The van der Waals surface area contributed by atoms with Gasteiger partial charge in [-0.3, -0.25) is 19.3 Å². The van der Waals surface area contributed by atoms with Gasteiger partial charge in [-0.05, 0) is 47.9 Å². The van der Waals surface area contributed by atoms with Crippen molar-refractivity contribution in [2.24, 2.45) is 5.92 Å². The summed E-state index contributed by atoms with van der Waals surface area (Å²) < 4.78 is 1.88. The van der Waals surface area contributed by atoms with Crippen molar-refractivity contribution in [3.8, 4) is 0 Å². The van der Waals surface area contributed by atoms with Crippen LogP contribution in [-0.4, -0.2) is 40.4 Å². The number of aromatic nitrogens is 1. The summed E-state index contributed by atoms with van der Waals surface area (Å²) in [6, 6.07) is 18.4. The summed E-state index contributed by atoms with van der Waals surface area (Å²) in [6.45, 7) is 4.43. The number of carbonyl (C=O) groups is 1. The van der Waals surface area contributed by atoms with E-state index in [-0.39, 0.29) is 29.9 Å². The number of aliphatic hydroxyl groups excluding tert-OH is 1. The lowest BCUT2D eigenvalue weighted by atomic mass is 9.94. The molecule has 6 heteroatoms. The molecule has 0 spiro atoms. The van der Waals surface area contributed by atoms with Crippen LogP contribution in [0.15, 0.2) is 65.6 Å². The molecule has 5 rings (SSSR count). The van der Waals surface area contributed by atoms with Crippen molar-refractivity contribution in [3.05, 3.63) is 105 Å². The number of benzene rings is 2. The average Bonchev–Trinajstić information content (AvgIpc) is 3.00. The Hall–Kier alpha value is -3.38. The Morgan fingerprint density at radius 1 is 0.970 bits per heavy atom. The van der Waals surface area contributed by atoms with Crippen LogP contribution in [0.25, 0.3) is 0 Å². The lowest BCUT2D eigenvalue weighted by Crippen LogP contribution is -2.57. The topological polar surface area (TPSA) is 65.8 Å². The number of hydrogen-bond acceptors (Lipinski definition) is 4. The molecule has 1 N–H and O–H groups in total. The molecule has 1 atom stereocenters. The second-order valence-electron chi connectivity index (χ2n) is 9.19. The summed E-state index contributed by atoms with van der Waals surface area (Å²) in [5, 5.41) is 11.8. The Morgan fingerprint density at radius 2 is 1.58 bits per heavy atom. The van der Waals surface area contributed by atoms with Gasteiger partial charge in [0.2, 0.25) is 0 Å². The highest BCUT2D eigenvalue weighted by Gasteiger charge is 2.37. The van der Waals surface area contributed by atoms with Gasteiger partial charge in [0.15, 0.2) is 5.43 Å². The van der Waals surface area contributed by atoms with E-state index in [0.29, 0.717) is 24.5 Å². The maximum Gasteiger partial charge on any atom is 0.274 e. The number of amides is 1. The summed E-state index contributed by atoms with van der Waals surface area (Å²) in [5.41, 5.74) is 5.73. The standard InChI is InChI=1S/C27H29N3O3/c1-18(16-31)15-28-17-30(29-14-13-24(32)19(2)25(29)27(28)33)26-22-9-5-3-7-20(22)11-12-21-8-4-6-10-23(21)26/h3-10,13-14,18,26,31H,11-12,15-17H2,1-2H3. The van der Waals surface area contributed by atoms with Crippen molar-refractivity contribution in [2.75, 3.05) is 24.8 Å². The molecule has 2 aromatic carbocycles. The van der Waals surface area contributed by atoms with Crippen LogP contribution in [-0.2, 0) is 12.8 Å². The third-order valence-electron chi connectivity index (χ3n) is 6.91. The minimum absolute atomic E-state index is 0.000543. The quantitative estimate of drug-likeness (QED) is 0.673. The number of rotatable bonds is 4. The molecule has 1 aliphatic heterocycles. The summed E-state index contributed by atoms with van der Waals surface area (Å²) in [4.78, 5) is 27.8. The molecule has 1 unspecified atom stereocenters. The molecule has 0 saturated carbocycles. The number of pyridine rings is 1. The van der Waals surface area contributed by atoms with E-state index >= 15 is 0 Å². The number of hydrogen-bond donors (Lipinski definition) is 1. The number of fused-ring (bicyclic) bond motifs is 3. The van der Waals surface area contributed by atoms with Crippen molar-refractivity contribution >= 4 is 5.91 Å². The van der Waals surface area contributed by atoms with E-state index in [2.05, 4.69) is 53.5 Å². The molecular weight excluding hydrogens is 414 g/mol. The zero-order valence-electron chi connectivity index (χ0n) is 19.1. The normalized spacial score (nSPS) is 16.6. The fourth-order valence-corrected chi connectivity index (χ4v) is 5.15. The van der Waals surface area contributed by atoms with Gasteiger partial charge in [0.05, 0.1) is 6.04 Å². The Bertz CT molecular complexity index is 1220. The lowest BCUT2D eigenvalue weighted by molar-refractivity contribution is 0.0632. The smallest absolute Gasteiger partial charge is 0.274 e. The zero-order valence-corrected chi connectivity index (χ0v) is 19.1. The first-order chi connectivity index (χ1) is 16.0. The highest BCUT2D eigenvalue weighted by atomic mass is 16.3. The third-order valence-corrected chi connectivity index (χ3v) is 6.91. The van der Waals surface area contributed by atoms with Crippen molar-refractivity contribution in [1.29, 1.82) is 0 Å². The molecule has 0 bridgehead atoms. The predicted octanol–water partition coefficient (Wildman–Crippen LogP) is 3.02. The number of carbonyl (C=O) groups excluding carboxylic acids is 1. The van der Waals surface area contributed by atoms with E-state index in [1.165, 1.54) is 22.3 Å². The molecule has 3 aromatic rings. The molecule has 170 valence electrons. The minimum Gasteiger partial charge on any atom is -0.396 e. The third kappa shape index (κ3) is 3.64. The van der Waals surface area contributed by atoms with Crippen molar-refractivity contribution < 1.29 is 9.90 Å². The second kappa shape index (κ2) is 8.52. The van der Waals surface area contributed by atoms with Crippen LogP contribution in [0.2, 0.25) is 0 Å². The van der Waals surface area contributed by atoms with Crippen molar-refractivity contribution in [2.45, 2.75) is 32.7 Å². The van der Waals surface area contributed by atoms with Crippen molar-refractivity contribution in [3.63, 3.8) is 0 Å². The average molecular weight is 444 g/mol. The van der Waals surface area contributed by atoms with E-state index in [1.54, 1.807) is 24.1 Å². The highest BCUT2D eigenvalue weighted by Crippen LogP contribution is 2.37. The van der Waals surface area contributed by atoms with Crippen LogP contribution in [0.5, 0.6) is 0 Å². The maximum absolute atomic E-state index is 13.5. The molecule has 1 aromatic heterocycles. The van der Waals surface area contributed by atoms with Crippen LogP contribution in [0.3, 0.4) is 0 Å². The van der Waals surface area contributed by atoms with Crippen molar-refractivity contribution in [1.82, 2.24) is 9.58 Å². The Kier molecular flexibility index (Phi) is 5.54. The van der Waals surface area contributed by atoms with E-state index in [4.69, 9.17) is 0 Å². The van der Waals surface area contributed by atoms with Crippen LogP contribution >= 0.6 is 0 Å². The molecule has 0 radical (unpaired) electrons. The number of aliphatic hydroxyl groups is 1. The van der Waals surface area contributed by atoms with Gasteiger partial charge in [0.1, 0.15) is 12.4 Å². The largest absolute Gasteiger partial charge is 0.396 e. The Balaban J connectivity index is 1.73. The van der Waals surface area contributed by atoms with Crippen LogP contribution in [0.1, 0.15) is 51.3 Å². The SMILES string of the molecule is Cc1c2n(ccc1=O)N(C1c3ccccc3CCc3ccccc31)CN(CC(C)CO)C2=O. The summed E-state index contributed by atoms with van der Waals surface area (Å²) in [6.07, 6.45) is 3.64. The molecule has 33 heavy (non-hydrogen) atoms. The van der Waals surface area contributed by atoms with Gasteiger partial charge < -0.3 is 10.0 Å². The summed E-state index contributed by atoms with van der Waals surface area (Å²) >= 11 is 0. The van der Waals surface area contributed by atoms with Gasteiger partial charge in [0, 0.05) is 31.0 Å². The fourth-order valence-electron chi connectivity index (χ4n) is 5.15. The van der Waals surface area contributed by atoms with Gasteiger partial charge >= 0.3 is 0 Å². The number of nitrogens with zero attached hydrogens (tertiary/aromatic N) is 3. The fraction of sp³-hybridized carbons (Fsp3) is 0.333. The van der Waals surface area contributed by atoms with Gasteiger partial charge in [-0.25, -0.2) is 0 Å². The molecule has 1 amide bonds. The highest BCUT2D eigenvalue weighted by molar-refractivity contribution is 5.95. The predicted molar refractivity (Wildman–Crippen MR) is 128 cm³/mol. The van der Waals surface area contributed by atoms with Gasteiger partial charge in [-0.15, -0.1) is 0 Å². The van der Waals surface area contributed by atoms with Crippen LogP contribution in [0.4, 0.5) is 0 Å². The second-order valence-corrected chi connectivity index (χ2v) is 9.19. The monoisotopic (exact) mass is 443 g/mol. The minimum atomic E-state index is -0.169. The van der Waals surface area contributed by atoms with Gasteiger partial charge in [-0.2, -0.15) is 0 Å². The first-order valence-corrected chi connectivity index (χ1v) is 11.5. The van der Waals surface area contributed by atoms with Crippen LogP contribution < -0.4 is 10.4 Å². The van der Waals surface area contributed by atoms with E-state index < -0.39 is 0 Å². The molecule has 0 fully saturated rings. The van der Waals surface area contributed by atoms with E-state index in [0.717, 1.165) is 12.8 Å². The van der Waals surface area contributed by atoms with Gasteiger partial charge in [-0.1, -0.05) is 55.5 Å². The summed E-state index contributed by atoms with van der Waals surface area (Å²) in [5.74, 6) is -0.233. The Labute approximate surface area is 193 Å².